The van der Waals surface area contributed by atoms with Gasteiger partial charge in [-0.3, -0.25) is 4.90 Å². The molecule has 1 aromatic carbocycles. The van der Waals surface area contributed by atoms with Gasteiger partial charge < -0.3 is 0 Å². The Bertz CT molecular complexity index is 442. The molecule has 2 fully saturated rings. The number of fused-ring (bicyclic) bond motifs is 2. The highest BCUT2D eigenvalue weighted by Gasteiger charge is 2.44. The molecule has 0 amide bonds. The Morgan fingerprint density at radius 3 is 2.79 bits per heavy atom. The van der Waals surface area contributed by atoms with E-state index in [-0.39, 0.29) is 0 Å². The number of nitrogens with zero attached hydrogens (tertiary/aromatic N) is 1. The summed E-state index contributed by atoms with van der Waals surface area (Å²) in [4.78, 5) is 2.75. The van der Waals surface area contributed by atoms with Gasteiger partial charge in [-0.25, -0.2) is 0 Å². The van der Waals surface area contributed by atoms with Gasteiger partial charge in [-0.05, 0) is 40.7 Å². The molecule has 3 rings (SSSR count). The molecule has 0 spiro atoms. The molecule has 2 saturated heterocycles. The quantitative estimate of drug-likeness (QED) is 0.707. The first-order valence-corrected chi connectivity index (χ1v) is 8.61. The third-order valence-corrected chi connectivity index (χ3v) is 5.60. The molecule has 0 aromatic heterocycles. The molecule has 19 heavy (non-hydrogen) atoms. The van der Waals surface area contributed by atoms with E-state index in [9.17, 15) is 0 Å². The van der Waals surface area contributed by atoms with Crippen molar-refractivity contribution in [3.8, 4) is 0 Å². The summed E-state index contributed by atoms with van der Waals surface area (Å²) in [5.41, 5.74) is 1.55. The zero-order chi connectivity index (χ0) is 13.2. The van der Waals surface area contributed by atoms with Gasteiger partial charge in [-0.1, -0.05) is 65.9 Å². The lowest BCUT2D eigenvalue weighted by molar-refractivity contribution is 0.0942. The van der Waals surface area contributed by atoms with Crippen molar-refractivity contribution in [3.63, 3.8) is 0 Å². The maximum absolute atomic E-state index is 2.75. The van der Waals surface area contributed by atoms with E-state index in [1.807, 2.05) is 0 Å². The van der Waals surface area contributed by atoms with Crippen molar-refractivity contribution < 1.29 is 0 Å². The number of benzene rings is 1. The van der Waals surface area contributed by atoms with Crippen molar-refractivity contribution in [1.82, 2.24) is 4.90 Å². The largest absolute Gasteiger partial charge is 0.293 e. The summed E-state index contributed by atoms with van der Waals surface area (Å²) in [5, 5.41) is 0. The summed E-state index contributed by atoms with van der Waals surface area (Å²) in [6.45, 7) is 3.61. The number of halogens is 1. The summed E-state index contributed by atoms with van der Waals surface area (Å²) in [5.74, 6) is 1.54. The van der Waals surface area contributed by atoms with Crippen LogP contribution in [-0.2, 0) is 0 Å². The Balaban J connectivity index is 1.79. The van der Waals surface area contributed by atoms with Crippen LogP contribution in [-0.4, -0.2) is 23.5 Å². The number of rotatable bonds is 3. The number of hydrogen-bond donors (Lipinski definition) is 0. The Morgan fingerprint density at radius 2 is 2.05 bits per heavy atom. The summed E-state index contributed by atoms with van der Waals surface area (Å²) >= 11 is 2.33. The molecule has 3 unspecified atom stereocenters. The van der Waals surface area contributed by atoms with E-state index in [0.717, 1.165) is 30.5 Å². The fraction of sp³-hybridized carbons (Fsp3) is 0.529. The molecule has 2 aliphatic heterocycles. The Kier molecular flexibility index (Phi) is 4.27. The number of hydrogen-bond acceptors (Lipinski definition) is 1. The molecule has 102 valence electrons. The van der Waals surface area contributed by atoms with Gasteiger partial charge in [0.25, 0.3) is 0 Å². The molecular weight excluding hydrogens is 345 g/mol. The summed E-state index contributed by atoms with van der Waals surface area (Å²) in [7, 11) is 0. The zero-order valence-corrected chi connectivity index (χ0v) is 13.7. The lowest BCUT2D eigenvalue weighted by Crippen LogP contribution is -2.47. The van der Waals surface area contributed by atoms with Crippen molar-refractivity contribution in [1.29, 1.82) is 0 Å². The second-order valence-electron chi connectivity index (χ2n) is 5.97. The molecule has 2 heteroatoms. The van der Waals surface area contributed by atoms with Crippen molar-refractivity contribution in [2.75, 3.05) is 6.54 Å². The van der Waals surface area contributed by atoms with Gasteiger partial charge in [-0.15, -0.1) is 0 Å². The smallest absolute Gasteiger partial charge is 0.0176 e. The highest BCUT2D eigenvalue weighted by Crippen LogP contribution is 2.46. The van der Waals surface area contributed by atoms with Crippen molar-refractivity contribution >= 4 is 22.6 Å². The van der Waals surface area contributed by atoms with Gasteiger partial charge in [0.1, 0.15) is 0 Å². The fourth-order valence-electron chi connectivity index (χ4n) is 4.15. The number of piperidine rings is 1. The highest BCUT2D eigenvalue weighted by molar-refractivity contribution is 14.1. The van der Waals surface area contributed by atoms with Crippen LogP contribution in [0.25, 0.3) is 0 Å². The molecule has 0 aliphatic carbocycles. The fourth-order valence-corrected chi connectivity index (χ4v) is 4.37. The average molecular weight is 367 g/mol. The SMILES string of the molecule is C[C@@H]1C(c2ccccc2)CC2CCC1N2C/C=C/I. The first-order chi connectivity index (χ1) is 9.31. The van der Waals surface area contributed by atoms with Crippen LogP contribution in [0.1, 0.15) is 37.7 Å². The third-order valence-electron chi connectivity index (χ3n) is 5.09. The van der Waals surface area contributed by atoms with E-state index in [0.29, 0.717) is 0 Å². The minimum Gasteiger partial charge on any atom is -0.293 e. The molecule has 2 aliphatic rings. The van der Waals surface area contributed by atoms with Crippen LogP contribution in [0, 0.1) is 5.92 Å². The minimum absolute atomic E-state index is 0.763. The van der Waals surface area contributed by atoms with E-state index in [2.05, 4.69) is 74.9 Å². The first kappa shape index (κ1) is 13.6. The van der Waals surface area contributed by atoms with Crippen molar-refractivity contribution in [2.24, 2.45) is 5.92 Å². The molecule has 2 heterocycles. The molecule has 4 atom stereocenters. The van der Waals surface area contributed by atoms with Gasteiger partial charge in [-0.2, -0.15) is 0 Å². The van der Waals surface area contributed by atoms with Gasteiger partial charge >= 0.3 is 0 Å². The predicted molar refractivity (Wildman–Crippen MR) is 89.6 cm³/mol. The van der Waals surface area contributed by atoms with Gasteiger partial charge in [0, 0.05) is 18.6 Å². The second-order valence-corrected chi connectivity index (χ2v) is 6.69. The van der Waals surface area contributed by atoms with Crippen LogP contribution in [0.3, 0.4) is 0 Å². The van der Waals surface area contributed by atoms with Crippen LogP contribution >= 0.6 is 22.6 Å². The maximum Gasteiger partial charge on any atom is 0.0176 e. The molecule has 0 saturated carbocycles. The van der Waals surface area contributed by atoms with Crippen LogP contribution in [0.4, 0.5) is 0 Å². The van der Waals surface area contributed by atoms with Crippen LogP contribution in [0.5, 0.6) is 0 Å². The summed E-state index contributed by atoms with van der Waals surface area (Å²) < 4.78 is 2.16. The Hall–Kier alpha value is -0.350. The van der Waals surface area contributed by atoms with Crippen LogP contribution in [0.2, 0.25) is 0 Å². The molecule has 1 nitrogen and oxygen atoms in total. The molecule has 2 bridgehead atoms. The lowest BCUT2D eigenvalue weighted by Gasteiger charge is -2.43. The topological polar surface area (TPSA) is 3.24 Å². The summed E-state index contributed by atoms with van der Waals surface area (Å²) in [6.07, 6.45) is 6.44. The third kappa shape index (κ3) is 2.62. The first-order valence-electron chi connectivity index (χ1n) is 7.37. The van der Waals surface area contributed by atoms with Crippen LogP contribution in [0.15, 0.2) is 40.5 Å². The van der Waals surface area contributed by atoms with E-state index >= 15 is 0 Å². The second kappa shape index (κ2) is 5.96. The Labute approximate surface area is 130 Å². The van der Waals surface area contributed by atoms with E-state index in [1.54, 1.807) is 5.56 Å². The zero-order valence-electron chi connectivity index (χ0n) is 11.5. The molecular formula is C17H22IN. The van der Waals surface area contributed by atoms with Crippen molar-refractivity contribution in [3.05, 3.63) is 46.1 Å². The van der Waals surface area contributed by atoms with Gasteiger partial charge in [0.2, 0.25) is 0 Å². The Morgan fingerprint density at radius 1 is 1.26 bits per heavy atom. The van der Waals surface area contributed by atoms with Crippen LogP contribution < -0.4 is 0 Å². The summed E-state index contributed by atoms with van der Waals surface area (Å²) in [6, 6.07) is 12.7. The normalized spacial score (nSPS) is 35.1. The van der Waals surface area contributed by atoms with E-state index in [1.165, 1.54) is 19.3 Å². The molecule has 0 radical (unpaired) electrons. The molecule has 1 aromatic rings. The molecule has 0 N–H and O–H groups in total. The van der Waals surface area contributed by atoms with E-state index in [4.69, 9.17) is 0 Å². The minimum atomic E-state index is 0.763. The average Bonchev–Trinajstić information content (AvgIpc) is 2.77. The lowest BCUT2D eigenvalue weighted by atomic mass is 9.77. The van der Waals surface area contributed by atoms with E-state index < -0.39 is 0 Å². The van der Waals surface area contributed by atoms with Crippen molar-refractivity contribution in [2.45, 2.75) is 44.2 Å². The van der Waals surface area contributed by atoms with Gasteiger partial charge in [0.15, 0.2) is 0 Å². The van der Waals surface area contributed by atoms with Gasteiger partial charge in [0.05, 0.1) is 0 Å². The highest BCUT2D eigenvalue weighted by atomic mass is 127. The standard InChI is InChI=1S/C17H22IN/c1-13-16(14-6-3-2-4-7-14)12-15-8-9-17(13)19(15)11-5-10-18/h2-7,10,13,15-17H,8-9,11-12H2,1H3/b10-5+/t13-,15?,16?,17?/m1/s1. The predicted octanol–water partition coefficient (Wildman–Crippen LogP) is 4.59. The maximum atomic E-state index is 2.75. The monoisotopic (exact) mass is 367 g/mol.